The maximum absolute atomic E-state index is 10.6. The summed E-state index contributed by atoms with van der Waals surface area (Å²) in [5, 5.41) is 19.0. The number of rotatable bonds is 10. The van der Waals surface area contributed by atoms with Gasteiger partial charge in [-0.15, -0.1) is 0 Å². The van der Waals surface area contributed by atoms with Crippen LogP contribution in [-0.2, 0) is 11.3 Å². The van der Waals surface area contributed by atoms with Crippen LogP contribution in [0, 0.1) is 5.41 Å². The van der Waals surface area contributed by atoms with Crippen molar-refractivity contribution in [3.63, 3.8) is 0 Å². The van der Waals surface area contributed by atoms with E-state index in [0.29, 0.717) is 41.9 Å². The van der Waals surface area contributed by atoms with Gasteiger partial charge in [0.25, 0.3) is 0 Å². The van der Waals surface area contributed by atoms with Crippen molar-refractivity contribution in [1.82, 2.24) is 10.1 Å². The van der Waals surface area contributed by atoms with Crippen molar-refractivity contribution in [2.75, 3.05) is 11.5 Å². The van der Waals surface area contributed by atoms with Gasteiger partial charge in [0.05, 0.1) is 12.7 Å². The van der Waals surface area contributed by atoms with Crippen LogP contribution < -0.4 is 20.1 Å². The predicted molar refractivity (Wildman–Crippen MR) is 150 cm³/mol. The van der Waals surface area contributed by atoms with Crippen molar-refractivity contribution in [3.8, 4) is 22.9 Å². The number of nitrogens with one attached hydrogen (secondary N) is 1. The number of carboxylic acids is 1. The van der Waals surface area contributed by atoms with Crippen LogP contribution in [-0.4, -0.2) is 45.9 Å². The molecule has 0 atom stereocenters. The number of aliphatic carboxylic acids is 1. The van der Waals surface area contributed by atoms with Gasteiger partial charge in [0.1, 0.15) is 12.4 Å². The summed E-state index contributed by atoms with van der Waals surface area (Å²) in [7, 11) is 0. The van der Waals surface area contributed by atoms with E-state index in [1.807, 2.05) is 98.5 Å². The van der Waals surface area contributed by atoms with E-state index in [1.165, 1.54) is 0 Å². The number of nitrogens with two attached hydrogens (primary N) is 1. The first-order valence-corrected chi connectivity index (χ1v) is 12.7. The van der Waals surface area contributed by atoms with Gasteiger partial charge < -0.3 is 29.7 Å². The van der Waals surface area contributed by atoms with Crippen molar-refractivity contribution in [2.45, 2.75) is 39.6 Å². The van der Waals surface area contributed by atoms with Crippen LogP contribution >= 0.6 is 0 Å². The minimum absolute atomic E-state index is 0.0151. The van der Waals surface area contributed by atoms with Crippen molar-refractivity contribution < 1.29 is 37.1 Å². The van der Waals surface area contributed by atoms with E-state index >= 15 is 0 Å². The largest absolute Gasteiger partial charge is 0.490 e. The Kier molecular flexibility index (Phi) is 10.5. The molecule has 0 amide bonds. The lowest BCUT2D eigenvalue weighted by Gasteiger charge is -2.25. The van der Waals surface area contributed by atoms with Crippen molar-refractivity contribution in [1.29, 1.82) is 5.41 Å². The molecule has 0 aliphatic heterocycles. The topological polar surface area (TPSA) is 148 Å². The molecular weight excluding hydrogens is 555 g/mol. The highest BCUT2D eigenvalue weighted by molar-refractivity contribution is 5.95. The second kappa shape index (κ2) is 14.0. The summed E-state index contributed by atoms with van der Waals surface area (Å²) in [6, 6.07) is 22.9. The molecule has 0 aliphatic carbocycles. The normalized spacial score (nSPS) is 10.9. The molecule has 4 N–H and O–H groups in total. The number of halogens is 3. The molecule has 1 aromatic heterocycles. The number of anilines is 2. The lowest BCUT2D eigenvalue weighted by atomic mass is 10.1. The number of nitrogen functional groups attached to an aromatic ring is 1. The van der Waals surface area contributed by atoms with Crippen LogP contribution in [0.3, 0.4) is 0 Å². The second-order valence-corrected chi connectivity index (χ2v) is 8.96. The quantitative estimate of drug-likeness (QED) is 0.147. The number of hydrogen-bond acceptors (Lipinski definition) is 8. The molecular formula is C29H30F3N5O5. The lowest BCUT2D eigenvalue weighted by Crippen LogP contribution is -2.21. The summed E-state index contributed by atoms with van der Waals surface area (Å²) in [6.45, 7) is 6.73. The fourth-order valence-electron chi connectivity index (χ4n) is 3.60. The first-order valence-electron chi connectivity index (χ1n) is 12.7. The summed E-state index contributed by atoms with van der Waals surface area (Å²) >= 11 is 0. The summed E-state index contributed by atoms with van der Waals surface area (Å²) in [6.07, 6.45) is -5.06. The van der Waals surface area contributed by atoms with Crippen molar-refractivity contribution >= 4 is 23.2 Å². The summed E-state index contributed by atoms with van der Waals surface area (Å²) in [5.74, 6) is -0.418. The molecule has 0 fully saturated rings. The Morgan fingerprint density at radius 2 is 1.67 bits per heavy atom. The highest BCUT2D eigenvalue weighted by Crippen LogP contribution is 2.36. The third-order valence-electron chi connectivity index (χ3n) is 5.43. The Morgan fingerprint density at radius 1 is 1.05 bits per heavy atom. The zero-order valence-electron chi connectivity index (χ0n) is 23.1. The van der Waals surface area contributed by atoms with E-state index in [2.05, 4.69) is 10.1 Å². The maximum Gasteiger partial charge on any atom is 0.490 e. The van der Waals surface area contributed by atoms with Crippen LogP contribution in [0.25, 0.3) is 11.4 Å². The van der Waals surface area contributed by atoms with E-state index in [9.17, 15) is 13.2 Å². The molecule has 13 heteroatoms. The zero-order chi connectivity index (χ0) is 30.9. The van der Waals surface area contributed by atoms with Crippen LogP contribution in [0.15, 0.2) is 77.3 Å². The number of carbonyl (C=O) groups is 1. The fraction of sp³-hybridized carbons (Fsp3) is 0.241. The molecule has 4 rings (SSSR count). The average molecular weight is 586 g/mol. The lowest BCUT2D eigenvalue weighted by molar-refractivity contribution is -0.192. The van der Waals surface area contributed by atoms with Crippen LogP contribution in [0.2, 0.25) is 0 Å². The molecule has 1 heterocycles. The third-order valence-corrected chi connectivity index (χ3v) is 5.43. The number of benzene rings is 3. The summed E-state index contributed by atoms with van der Waals surface area (Å²) in [4.78, 5) is 15.5. The molecule has 0 spiro atoms. The average Bonchev–Trinajstić information content (AvgIpc) is 3.42. The van der Waals surface area contributed by atoms with Gasteiger partial charge in [0.2, 0.25) is 11.7 Å². The molecule has 0 aliphatic rings. The Hall–Kier alpha value is -5.07. The number of carboxylic acid groups (broad SMARTS) is 1. The van der Waals surface area contributed by atoms with E-state index in [4.69, 9.17) is 35.0 Å². The van der Waals surface area contributed by atoms with Gasteiger partial charge in [-0.1, -0.05) is 35.5 Å². The number of aromatic nitrogens is 2. The van der Waals surface area contributed by atoms with Gasteiger partial charge in [-0.2, -0.15) is 18.2 Å². The molecule has 10 nitrogen and oxygen atoms in total. The molecule has 4 aromatic rings. The van der Waals surface area contributed by atoms with Crippen molar-refractivity contribution in [2.24, 2.45) is 5.73 Å². The monoisotopic (exact) mass is 585 g/mol. The number of ether oxygens (including phenoxy) is 2. The number of nitrogens with zero attached hydrogens (tertiary/aromatic N) is 3. The molecule has 0 radical (unpaired) electrons. The molecule has 0 unspecified atom stereocenters. The molecule has 0 saturated carbocycles. The fourth-order valence-corrected chi connectivity index (χ4v) is 3.60. The summed E-state index contributed by atoms with van der Waals surface area (Å²) < 4.78 is 49.1. The van der Waals surface area contributed by atoms with Crippen LogP contribution in [0.4, 0.5) is 24.5 Å². The van der Waals surface area contributed by atoms with Gasteiger partial charge in [-0.05, 0) is 57.2 Å². The molecule has 42 heavy (non-hydrogen) atoms. The maximum atomic E-state index is 10.6. The SMILES string of the molecule is CCOc1cc(N(Cc2nc(-c3ccccc3)no2)c2ccc(C(=N)N)cc2)ccc1OC(C)C.O=C(O)C(F)(F)F. The van der Waals surface area contributed by atoms with E-state index in [1.54, 1.807) is 0 Å². The minimum Gasteiger partial charge on any atom is -0.490 e. The molecule has 3 aromatic carbocycles. The number of amidine groups is 1. The highest BCUT2D eigenvalue weighted by Gasteiger charge is 2.38. The third kappa shape index (κ3) is 8.71. The Bertz CT molecular complexity index is 1480. The van der Waals surface area contributed by atoms with Crippen molar-refractivity contribution in [3.05, 3.63) is 84.3 Å². The minimum atomic E-state index is -5.08. The van der Waals surface area contributed by atoms with Gasteiger partial charge in [-0.25, -0.2) is 4.79 Å². The zero-order valence-corrected chi connectivity index (χ0v) is 23.1. The van der Waals surface area contributed by atoms with E-state index < -0.39 is 12.1 Å². The Labute approximate surface area is 240 Å². The Balaban J connectivity index is 0.000000616. The standard InChI is InChI=1S/C27H29N5O3.C2HF3O2/c1-4-33-24-16-22(14-15-23(24)34-18(2)3)32(21-12-10-19(11-13-21)26(28)29)17-25-30-27(31-35-25)20-8-6-5-7-9-20;3-2(4,5)1(6)7/h5-16,18H,4,17H2,1-3H3,(H3,28,29);(H,6,7). The highest BCUT2D eigenvalue weighted by atomic mass is 19.4. The Morgan fingerprint density at radius 3 is 2.21 bits per heavy atom. The van der Waals surface area contributed by atoms with Gasteiger partial charge in [0, 0.05) is 28.6 Å². The number of hydrogen-bond donors (Lipinski definition) is 3. The number of alkyl halides is 3. The van der Waals surface area contributed by atoms with Crippen LogP contribution in [0.1, 0.15) is 32.2 Å². The smallest absolute Gasteiger partial charge is 0.490 e. The first kappa shape index (κ1) is 31.5. The second-order valence-electron chi connectivity index (χ2n) is 8.96. The van der Waals surface area contributed by atoms with Gasteiger partial charge >= 0.3 is 12.1 Å². The molecule has 222 valence electrons. The van der Waals surface area contributed by atoms with Gasteiger partial charge in [-0.3, -0.25) is 5.41 Å². The summed E-state index contributed by atoms with van der Waals surface area (Å²) in [5.41, 5.74) is 8.91. The van der Waals surface area contributed by atoms with Gasteiger partial charge in [0.15, 0.2) is 11.5 Å². The predicted octanol–water partition coefficient (Wildman–Crippen LogP) is 6.18. The first-order chi connectivity index (χ1) is 19.9. The van der Waals surface area contributed by atoms with E-state index in [0.717, 1.165) is 16.9 Å². The van der Waals surface area contributed by atoms with E-state index in [-0.39, 0.29) is 11.9 Å². The van der Waals surface area contributed by atoms with Crippen LogP contribution in [0.5, 0.6) is 11.5 Å². The molecule has 0 saturated heterocycles. The molecule has 0 bridgehead atoms.